The van der Waals surface area contributed by atoms with Gasteiger partial charge in [-0.1, -0.05) is 229 Å². The van der Waals surface area contributed by atoms with Gasteiger partial charge in [0.1, 0.15) is 13.2 Å². The van der Waals surface area contributed by atoms with E-state index in [-0.39, 0.29) is 31.1 Å². The molecule has 65 heavy (non-hydrogen) atoms. The molecule has 0 heterocycles. The molecule has 0 radical (unpaired) electrons. The summed E-state index contributed by atoms with van der Waals surface area (Å²) >= 11 is 0. The van der Waals surface area contributed by atoms with E-state index in [4.69, 9.17) is 14.2 Å². The summed E-state index contributed by atoms with van der Waals surface area (Å²) in [5.41, 5.74) is 0. The van der Waals surface area contributed by atoms with Gasteiger partial charge in [0.25, 0.3) is 0 Å². The van der Waals surface area contributed by atoms with Crippen LogP contribution in [0.4, 0.5) is 0 Å². The SMILES string of the molecule is CC/C=C\C/C=C\C/C=C\C/C=C\CCCCCCCCC(=O)OC(COC(=O)CCCCCCC)COC(=O)CCCCCCCCCCCCC/C=C\C/C=C\CCCCCCC. The molecule has 0 amide bonds. The lowest BCUT2D eigenvalue weighted by Gasteiger charge is -2.18. The van der Waals surface area contributed by atoms with E-state index in [1.165, 1.54) is 116 Å². The van der Waals surface area contributed by atoms with Gasteiger partial charge in [-0.15, -0.1) is 0 Å². The molecule has 374 valence electrons. The van der Waals surface area contributed by atoms with Crippen LogP contribution in [-0.2, 0) is 28.6 Å². The summed E-state index contributed by atoms with van der Waals surface area (Å²) in [4.78, 5) is 37.7. The number of carbonyl (C=O) groups is 3. The van der Waals surface area contributed by atoms with Gasteiger partial charge in [0, 0.05) is 19.3 Å². The molecule has 0 aliphatic carbocycles. The summed E-state index contributed by atoms with van der Waals surface area (Å²) in [7, 11) is 0. The lowest BCUT2D eigenvalue weighted by molar-refractivity contribution is -0.167. The number of hydrogen-bond acceptors (Lipinski definition) is 6. The Labute approximate surface area is 402 Å². The van der Waals surface area contributed by atoms with Crippen molar-refractivity contribution in [3.63, 3.8) is 0 Å². The lowest BCUT2D eigenvalue weighted by atomic mass is 10.0. The smallest absolute Gasteiger partial charge is 0.306 e. The number of ether oxygens (including phenoxy) is 3. The second-order valence-electron chi connectivity index (χ2n) is 18.1. The Morgan fingerprint density at radius 2 is 0.600 bits per heavy atom. The van der Waals surface area contributed by atoms with E-state index in [0.29, 0.717) is 19.3 Å². The summed E-state index contributed by atoms with van der Waals surface area (Å²) in [6.07, 6.45) is 67.9. The van der Waals surface area contributed by atoms with Crippen LogP contribution in [-0.4, -0.2) is 37.2 Å². The monoisotopic (exact) mass is 907 g/mol. The van der Waals surface area contributed by atoms with Crippen LogP contribution in [0.2, 0.25) is 0 Å². The number of hydrogen-bond donors (Lipinski definition) is 0. The minimum absolute atomic E-state index is 0.0821. The number of allylic oxidation sites excluding steroid dienone is 12. The molecule has 0 fully saturated rings. The average Bonchev–Trinajstić information content (AvgIpc) is 3.30. The summed E-state index contributed by atoms with van der Waals surface area (Å²) in [6, 6.07) is 0. The van der Waals surface area contributed by atoms with Gasteiger partial charge in [-0.3, -0.25) is 14.4 Å². The Kier molecular flexibility index (Phi) is 50.9. The maximum absolute atomic E-state index is 12.8. The van der Waals surface area contributed by atoms with Crippen LogP contribution in [0.15, 0.2) is 72.9 Å². The molecule has 6 nitrogen and oxygen atoms in total. The Balaban J connectivity index is 4.14. The van der Waals surface area contributed by atoms with Crippen molar-refractivity contribution >= 4 is 17.9 Å². The zero-order valence-electron chi connectivity index (χ0n) is 42.7. The summed E-state index contributed by atoms with van der Waals surface area (Å²) in [5.74, 6) is -0.908. The van der Waals surface area contributed by atoms with Gasteiger partial charge in [0.05, 0.1) is 0 Å². The first-order chi connectivity index (χ1) is 32.0. The normalized spacial score (nSPS) is 12.6. The van der Waals surface area contributed by atoms with Crippen LogP contribution in [0, 0.1) is 0 Å². The van der Waals surface area contributed by atoms with E-state index >= 15 is 0 Å². The van der Waals surface area contributed by atoms with Gasteiger partial charge in [-0.2, -0.15) is 0 Å². The van der Waals surface area contributed by atoms with Crippen LogP contribution < -0.4 is 0 Å². The Bertz CT molecular complexity index is 1230. The second kappa shape index (κ2) is 53.5. The minimum Gasteiger partial charge on any atom is -0.462 e. The van der Waals surface area contributed by atoms with Crippen molar-refractivity contribution in [2.24, 2.45) is 0 Å². The van der Waals surface area contributed by atoms with Crippen molar-refractivity contribution in [1.82, 2.24) is 0 Å². The van der Waals surface area contributed by atoms with Crippen LogP contribution in [0.25, 0.3) is 0 Å². The van der Waals surface area contributed by atoms with Gasteiger partial charge in [-0.25, -0.2) is 0 Å². The van der Waals surface area contributed by atoms with Gasteiger partial charge < -0.3 is 14.2 Å². The number of rotatable bonds is 49. The number of esters is 3. The fourth-order valence-corrected chi connectivity index (χ4v) is 7.58. The third-order valence-electron chi connectivity index (χ3n) is 11.7. The molecule has 0 spiro atoms. The molecule has 0 bridgehead atoms. The number of unbranched alkanes of at least 4 members (excludes halogenated alkanes) is 26. The molecule has 0 saturated carbocycles. The first-order valence-electron chi connectivity index (χ1n) is 27.4. The molecule has 0 aliphatic heterocycles. The molecular weight excluding hydrogens is 805 g/mol. The standard InChI is InChI=1S/C59H102O6/c1-4-7-10-13-15-17-19-21-23-25-27-28-29-30-32-33-35-37-39-41-43-46-49-52-58(61)64-55-56(54-63-57(60)51-48-45-12-9-6-3)65-59(62)53-50-47-44-42-40-38-36-34-31-26-24-22-20-18-16-14-11-8-5-2/h8,11,16,18-19,21-22,24-25,27,31,34,56H,4-7,9-10,12-15,17,20,23,26,28-30,32-33,35-55H2,1-3H3/b11-8-,18-16-,21-19-,24-22-,27-25-,34-31-. The molecule has 0 saturated heterocycles. The summed E-state index contributed by atoms with van der Waals surface area (Å²) < 4.78 is 16.7. The Morgan fingerprint density at radius 3 is 0.938 bits per heavy atom. The molecule has 0 aromatic heterocycles. The topological polar surface area (TPSA) is 78.9 Å². The van der Waals surface area contributed by atoms with Crippen molar-refractivity contribution < 1.29 is 28.6 Å². The molecule has 6 heteroatoms. The quantitative estimate of drug-likeness (QED) is 0.0262. The zero-order chi connectivity index (χ0) is 47.2. The van der Waals surface area contributed by atoms with E-state index < -0.39 is 6.10 Å². The van der Waals surface area contributed by atoms with Crippen LogP contribution >= 0.6 is 0 Å². The van der Waals surface area contributed by atoms with Crippen molar-refractivity contribution in [2.45, 2.75) is 271 Å². The summed E-state index contributed by atoms with van der Waals surface area (Å²) in [6.45, 7) is 6.43. The average molecular weight is 907 g/mol. The van der Waals surface area contributed by atoms with Crippen molar-refractivity contribution in [1.29, 1.82) is 0 Å². The van der Waals surface area contributed by atoms with Crippen molar-refractivity contribution in [3.05, 3.63) is 72.9 Å². The maximum atomic E-state index is 12.8. The largest absolute Gasteiger partial charge is 0.462 e. The summed E-state index contributed by atoms with van der Waals surface area (Å²) in [5, 5.41) is 0. The van der Waals surface area contributed by atoms with E-state index in [1.807, 2.05) is 0 Å². The highest BCUT2D eigenvalue weighted by Crippen LogP contribution is 2.15. The molecule has 0 aromatic carbocycles. The third kappa shape index (κ3) is 51.7. The van der Waals surface area contributed by atoms with Gasteiger partial charge >= 0.3 is 17.9 Å². The number of carbonyl (C=O) groups excluding carboxylic acids is 3. The Morgan fingerprint density at radius 1 is 0.323 bits per heavy atom. The predicted octanol–water partition coefficient (Wildman–Crippen LogP) is 18.2. The van der Waals surface area contributed by atoms with Crippen molar-refractivity contribution in [2.75, 3.05) is 13.2 Å². The van der Waals surface area contributed by atoms with Crippen LogP contribution in [0.3, 0.4) is 0 Å². The third-order valence-corrected chi connectivity index (χ3v) is 11.7. The van der Waals surface area contributed by atoms with E-state index in [1.54, 1.807) is 0 Å². The molecule has 0 aromatic rings. The first kappa shape index (κ1) is 61.9. The van der Waals surface area contributed by atoms with E-state index in [9.17, 15) is 14.4 Å². The molecular formula is C59H102O6. The molecule has 1 atom stereocenters. The van der Waals surface area contributed by atoms with E-state index in [0.717, 1.165) is 109 Å². The zero-order valence-corrected chi connectivity index (χ0v) is 42.7. The lowest BCUT2D eigenvalue weighted by Crippen LogP contribution is -2.30. The highest BCUT2D eigenvalue weighted by Gasteiger charge is 2.19. The second-order valence-corrected chi connectivity index (χ2v) is 18.1. The Hall–Kier alpha value is -3.15. The first-order valence-corrected chi connectivity index (χ1v) is 27.4. The van der Waals surface area contributed by atoms with Gasteiger partial charge in [0.15, 0.2) is 6.10 Å². The van der Waals surface area contributed by atoms with Gasteiger partial charge in [0.2, 0.25) is 0 Å². The van der Waals surface area contributed by atoms with Gasteiger partial charge in [-0.05, 0) is 89.9 Å². The van der Waals surface area contributed by atoms with Crippen LogP contribution in [0.1, 0.15) is 265 Å². The minimum atomic E-state index is -0.780. The van der Waals surface area contributed by atoms with E-state index in [2.05, 4.69) is 93.7 Å². The molecule has 0 N–H and O–H groups in total. The molecule has 0 aliphatic rings. The van der Waals surface area contributed by atoms with Crippen molar-refractivity contribution in [3.8, 4) is 0 Å². The fourth-order valence-electron chi connectivity index (χ4n) is 7.58. The maximum Gasteiger partial charge on any atom is 0.306 e. The fraction of sp³-hybridized carbons (Fsp3) is 0.746. The molecule has 0 rings (SSSR count). The predicted molar refractivity (Wildman–Crippen MR) is 279 cm³/mol. The van der Waals surface area contributed by atoms with Crippen LogP contribution in [0.5, 0.6) is 0 Å². The highest BCUT2D eigenvalue weighted by molar-refractivity contribution is 5.71. The highest BCUT2D eigenvalue weighted by atomic mass is 16.6. The molecule has 1 unspecified atom stereocenters.